The van der Waals surface area contributed by atoms with Crippen LogP contribution in [0.1, 0.15) is 28.9 Å². The third-order valence-corrected chi connectivity index (χ3v) is 3.81. The minimum atomic E-state index is -4.27. The first-order chi connectivity index (χ1) is 10.8. The van der Waals surface area contributed by atoms with E-state index in [1.54, 1.807) is 11.3 Å². The van der Waals surface area contributed by atoms with Crippen LogP contribution in [0.25, 0.3) is 0 Å². The number of hydrogen-bond acceptors (Lipinski definition) is 4. The van der Waals surface area contributed by atoms with Gasteiger partial charge in [0.15, 0.2) is 5.96 Å². The van der Waals surface area contributed by atoms with E-state index < -0.39 is 12.8 Å². The maximum atomic E-state index is 11.9. The molecule has 0 spiro atoms. The maximum absolute atomic E-state index is 11.9. The van der Waals surface area contributed by atoms with Gasteiger partial charge in [0.2, 0.25) is 0 Å². The number of aromatic nitrogens is 1. The van der Waals surface area contributed by atoms with E-state index in [2.05, 4.69) is 25.3 Å². The van der Waals surface area contributed by atoms with Crippen LogP contribution < -0.4 is 10.6 Å². The van der Waals surface area contributed by atoms with Crippen LogP contribution in [0.4, 0.5) is 13.2 Å². The highest BCUT2D eigenvalue weighted by molar-refractivity contribution is 7.11. The predicted molar refractivity (Wildman–Crippen MR) is 85.9 cm³/mol. The summed E-state index contributed by atoms with van der Waals surface area (Å²) >= 11 is 1.61. The highest BCUT2D eigenvalue weighted by atomic mass is 32.1. The van der Waals surface area contributed by atoms with Crippen molar-refractivity contribution in [3.63, 3.8) is 0 Å². The van der Waals surface area contributed by atoms with Gasteiger partial charge < -0.3 is 15.4 Å². The van der Waals surface area contributed by atoms with E-state index in [0.29, 0.717) is 32.0 Å². The van der Waals surface area contributed by atoms with Crippen molar-refractivity contribution in [2.24, 2.45) is 4.99 Å². The van der Waals surface area contributed by atoms with E-state index in [1.165, 1.54) is 0 Å². The molecular weight excluding hydrogens is 329 g/mol. The van der Waals surface area contributed by atoms with Crippen molar-refractivity contribution in [3.8, 4) is 0 Å². The highest BCUT2D eigenvalue weighted by Gasteiger charge is 2.27. The van der Waals surface area contributed by atoms with E-state index >= 15 is 0 Å². The Morgan fingerprint density at radius 1 is 1.30 bits per heavy atom. The summed E-state index contributed by atoms with van der Waals surface area (Å²) in [7, 11) is 0. The van der Waals surface area contributed by atoms with Crippen LogP contribution in [-0.2, 0) is 11.3 Å². The Balaban J connectivity index is 2.34. The number of ether oxygens (including phenoxy) is 1. The fourth-order valence-corrected chi connectivity index (χ4v) is 2.64. The Hall–Kier alpha value is -1.35. The van der Waals surface area contributed by atoms with Crippen LogP contribution in [-0.4, -0.2) is 43.4 Å². The molecule has 0 aliphatic rings. The van der Waals surface area contributed by atoms with Gasteiger partial charge in [0, 0.05) is 24.6 Å². The SMILES string of the molecule is CCNC(=NCc1sc(C)nc1C)NCCCOCC(F)(F)F. The standard InChI is InChI=1S/C14H23F3N4OS/c1-4-18-13(19-6-5-7-22-9-14(15,16)17)20-8-12-10(2)21-11(3)23-12/h4-9H2,1-3H3,(H2,18,19,20). The van der Waals surface area contributed by atoms with Gasteiger partial charge in [-0.2, -0.15) is 13.2 Å². The van der Waals surface area contributed by atoms with Crippen LogP contribution in [0.15, 0.2) is 4.99 Å². The number of nitrogens with one attached hydrogen (secondary N) is 2. The van der Waals surface area contributed by atoms with E-state index in [0.717, 1.165) is 15.6 Å². The van der Waals surface area contributed by atoms with Gasteiger partial charge in [0.1, 0.15) is 6.61 Å². The van der Waals surface area contributed by atoms with Gasteiger partial charge >= 0.3 is 6.18 Å². The van der Waals surface area contributed by atoms with Crippen LogP contribution in [0.3, 0.4) is 0 Å². The molecule has 0 unspecified atom stereocenters. The molecule has 1 heterocycles. The van der Waals surface area contributed by atoms with Crippen molar-refractivity contribution in [3.05, 3.63) is 15.6 Å². The Bertz CT molecular complexity index is 503. The topological polar surface area (TPSA) is 58.5 Å². The van der Waals surface area contributed by atoms with E-state index in [-0.39, 0.29) is 6.61 Å². The summed E-state index contributed by atoms with van der Waals surface area (Å²) in [4.78, 5) is 9.91. The predicted octanol–water partition coefficient (Wildman–Crippen LogP) is 2.78. The minimum Gasteiger partial charge on any atom is -0.372 e. The molecule has 1 aromatic rings. The summed E-state index contributed by atoms with van der Waals surface area (Å²) in [6, 6.07) is 0. The quantitative estimate of drug-likeness (QED) is 0.429. The average Bonchev–Trinajstić information content (AvgIpc) is 2.76. The van der Waals surface area contributed by atoms with Crippen molar-refractivity contribution in [1.29, 1.82) is 0 Å². The molecule has 0 saturated carbocycles. The van der Waals surface area contributed by atoms with Gasteiger partial charge in [0.25, 0.3) is 0 Å². The molecule has 0 radical (unpaired) electrons. The molecule has 2 N–H and O–H groups in total. The van der Waals surface area contributed by atoms with Crippen LogP contribution in [0, 0.1) is 13.8 Å². The number of nitrogens with zero attached hydrogens (tertiary/aromatic N) is 2. The smallest absolute Gasteiger partial charge is 0.372 e. The first-order valence-electron chi connectivity index (χ1n) is 7.41. The van der Waals surface area contributed by atoms with E-state index in [9.17, 15) is 13.2 Å². The summed E-state index contributed by atoms with van der Waals surface area (Å²) in [5, 5.41) is 7.18. The van der Waals surface area contributed by atoms with Crippen LogP contribution in [0.2, 0.25) is 0 Å². The zero-order valence-electron chi connectivity index (χ0n) is 13.6. The third-order valence-electron chi connectivity index (χ3n) is 2.75. The van der Waals surface area contributed by atoms with Crippen LogP contribution in [0.5, 0.6) is 0 Å². The maximum Gasteiger partial charge on any atom is 0.411 e. The third kappa shape index (κ3) is 8.75. The Labute approximate surface area is 138 Å². The van der Waals surface area contributed by atoms with Crippen molar-refractivity contribution in [2.75, 3.05) is 26.3 Å². The zero-order chi connectivity index (χ0) is 17.3. The number of hydrogen-bond donors (Lipinski definition) is 2. The second kappa shape index (κ2) is 9.71. The molecule has 0 saturated heterocycles. The number of aliphatic imine (C=N–C) groups is 1. The zero-order valence-corrected chi connectivity index (χ0v) is 14.4. The molecule has 1 aromatic heterocycles. The molecule has 9 heteroatoms. The molecular formula is C14H23F3N4OS. The molecule has 0 atom stereocenters. The minimum absolute atomic E-state index is 0.0546. The van der Waals surface area contributed by atoms with Crippen molar-refractivity contribution >= 4 is 17.3 Å². The average molecular weight is 352 g/mol. The van der Waals surface area contributed by atoms with E-state index in [1.807, 2.05) is 20.8 Å². The van der Waals surface area contributed by atoms with Gasteiger partial charge in [-0.25, -0.2) is 9.98 Å². The second-order valence-corrected chi connectivity index (χ2v) is 6.17. The lowest BCUT2D eigenvalue weighted by molar-refractivity contribution is -0.173. The largest absolute Gasteiger partial charge is 0.411 e. The number of rotatable bonds is 8. The molecule has 5 nitrogen and oxygen atoms in total. The first kappa shape index (κ1) is 19.7. The van der Waals surface area contributed by atoms with Gasteiger partial charge in [-0.05, 0) is 27.2 Å². The fourth-order valence-electron chi connectivity index (χ4n) is 1.78. The fraction of sp³-hybridized carbons (Fsp3) is 0.714. The van der Waals surface area contributed by atoms with Gasteiger partial charge in [-0.3, -0.25) is 0 Å². The molecule has 0 aromatic carbocycles. The van der Waals surface area contributed by atoms with Crippen molar-refractivity contribution in [2.45, 2.75) is 39.9 Å². The lowest BCUT2D eigenvalue weighted by atomic mass is 10.4. The first-order valence-corrected chi connectivity index (χ1v) is 8.23. The molecule has 0 fully saturated rings. The molecule has 0 aliphatic heterocycles. The summed E-state index contributed by atoms with van der Waals surface area (Å²) in [6.07, 6.45) is -3.80. The number of alkyl halides is 3. The normalized spacial score (nSPS) is 12.5. The van der Waals surface area contributed by atoms with E-state index in [4.69, 9.17) is 0 Å². The molecule has 23 heavy (non-hydrogen) atoms. The van der Waals surface area contributed by atoms with Gasteiger partial charge in [-0.15, -0.1) is 11.3 Å². The monoisotopic (exact) mass is 352 g/mol. The number of halogens is 3. The van der Waals surface area contributed by atoms with Crippen molar-refractivity contribution < 1.29 is 17.9 Å². The Morgan fingerprint density at radius 3 is 2.61 bits per heavy atom. The number of guanidine groups is 1. The van der Waals surface area contributed by atoms with Crippen molar-refractivity contribution in [1.82, 2.24) is 15.6 Å². The molecule has 0 aliphatic carbocycles. The summed E-state index contributed by atoms with van der Waals surface area (Å²) in [5.41, 5.74) is 0.979. The molecule has 1 rings (SSSR count). The molecule has 0 bridgehead atoms. The lowest BCUT2D eigenvalue weighted by Crippen LogP contribution is -2.38. The van der Waals surface area contributed by atoms with Gasteiger partial charge in [-0.1, -0.05) is 0 Å². The molecule has 0 amide bonds. The second-order valence-electron chi connectivity index (χ2n) is 4.88. The summed E-state index contributed by atoms with van der Waals surface area (Å²) in [6.45, 7) is 6.43. The Morgan fingerprint density at radius 2 is 2.04 bits per heavy atom. The van der Waals surface area contributed by atoms with Crippen LogP contribution >= 0.6 is 11.3 Å². The summed E-state index contributed by atoms with van der Waals surface area (Å²) < 4.78 is 40.3. The molecule has 132 valence electrons. The summed E-state index contributed by atoms with van der Waals surface area (Å²) in [5.74, 6) is 0.633. The highest BCUT2D eigenvalue weighted by Crippen LogP contribution is 2.17. The Kier molecular flexibility index (Phi) is 8.32. The number of aryl methyl sites for hydroxylation is 2. The van der Waals surface area contributed by atoms with Gasteiger partial charge in [0.05, 0.1) is 17.2 Å². The number of thiazole rings is 1. The lowest BCUT2D eigenvalue weighted by Gasteiger charge is -2.11.